The van der Waals surface area contributed by atoms with Gasteiger partial charge in [0.25, 0.3) is 5.91 Å². The summed E-state index contributed by atoms with van der Waals surface area (Å²) in [6, 6.07) is 18.8. The van der Waals surface area contributed by atoms with E-state index in [2.05, 4.69) is 4.90 Å². The van der Waals surface area contributed by atoms with Crippen molar-refractivity contribution in [3.05, 3.63) is 71.8 Å². The molecule has 0 aromatic heterocycles. The van der Waals surface area contributed by atoms with Gasteiger partial charge in [-0.2, -0.15) is 0 Å². The zero-order chi connectivity index (χ0) is 19.3. The van der Waals surface area contributed by atoms with E-state index in [1.165, 1.54) is 17.7 Å². The summed E-state index contributed by atoms with van der Waals surface area (Å²) in [5.41, 5.74) is 1.58. The Morgan fingerprint density at radius 1 is 0.964 bits per heavy atom. The minimum Gasteiger partial charge on any atom is -0.430 e. The third-order valence-electron chi connectivity index (χ3n) is 5.78. The Hall–Kier alpha value is -2.66. The van der Waals surface area contributed by atoms with Crippen LogP contribution in [0.5, 0.6) is 0 Å². The van der Waals surface area contributed by atoms with Crippen LogP contribution in [0.3, 0.4) is 0 Å². The molecule has 0 aliphatic carbocycles. The summed E-state index contributed by atoms with van der Waals surface area (Å²) < 4.78 is 5.81. The molecule has 28 heavy (non-hydrogen) atoms. The SMILES string of the molecule is O=C(OC1CC2CCN1CC2)N(CCc1ccccc1)C(=O)c1ccccc1. The third-order valence-corrected chi connectivity index (χ3v) is 5.78. The molecule has 2 bridgehead atoms. The third kappa shape index (κ3) is 4.25. The zero-order valence-electron chi connectivity index (χ0n) is 16.0. The molecular formula is C23H26N2O3. The van der Waals surface area contributed by atoms with E-state index in [1.54, 1.807) is 24.3 Å². The summed E-state index contributed by atoms with van der Waals surface area (Å²) in [5.74, 6) is 0.322. The summed E-state index contributed by atoms with van der Waals surface area (Å²) in [7, 11) is 0. The lowest BCUT2D eigenvalue weighted by atomic mass is 9.87. The first-order valence-corrected chi connectivity index (χ1v) is 10.1. The minimum absolute atomic E-state index is 0.206. The number of nitrogens with zero attached hydrogens (tertiary/aromatic N) is 2. The molecule has 0 radical (unpaired) electrons. The van der Waals surface area contributed by atoms with Gasteiger partial charge in [0.05, 0.1) is 0 Å². The molecule has 3 heterocycles. The van der Waals surface area contributed by atoms with Gasteiger partial charge < -0.3 is 4.74 Å². The van der Waals surface area contributed by atoms with Gasteiger partial charge in [-0.1, -0.05) is 48.5 Å². The predicted octanol–water partition coefficient (Wildman–Crippen LogP) is 3.95. The van der Waals surface area contributed by atoms with Gasteiger partial charge in [0.15, 0.2) is 6.23 Å². The zero-order valence-corrected chi connectivity index (χ0v) is 16.0. The Kier molecular flexibility index (Phi) is 5.72. The molecule has 5 nitrogen and oxygen atoms in total. The number of benzene rings is 2. The average Bonchev–Trinajstić information content (AvgIpc) is 2.76. The summed E-state index contributed by atoms with van der Waals surface area (Å²) in [6.45, 7) is 2.24. The summed E-state index contributed by atoms with van der Waals surface area (Å²) in [4.78, 5) is 29.5. The maximum absolute atomic E-state index is 13.0. The van der Waals surface area contributed by atoms with E-state index in [9.17, 15) is 9.59 Å². The van der Waals surface area contributed by atoms with Crippen molar-refractivity contribution in [1.29, 1.82) is 0 Å². The van der Waals surface area contributed by atoms with Gasteiger partial charge in [-0.15, -0.1) is 0 Å². The van der Waals surface area contributed by atoms with Crippen LogP contribution >= 0.6 is 0 Å². The quantitative estimate of drug-likeness (QED) is 0.790. The Balaban J connectivity index is 1.48. The normalized spacial score (nSPS) is 23.2. The molecule has 0 spiro atoms. The highest BCUT2D eigenvalue weighted by atomic mass is 16.6. The first-order valence-electron chi connectivity index (χ1n) is 10.1. The second-order valence-electron chi connectivity index (χ2n) is 7.61. The fourth-order valence-electron chi connectivity index (χ4n) is 4.11. The van der Waals surface area contributed by atoms with Crippen molar-refractivity contribution in [2.75, 3.05) is 19.6 Å². The summed E-state index contributed by atoms with van der Waals surface area (Å²) in [6.07, 6.45) is 3.08. The molecule has 5 rings (SSSR count). The van der Waals surface area contributed by atoms with Gasteiger partial charge >= 0.3 is 6.09 Å². The fraction of sp³-hybridized carbons (Fsp3) is 0.391. The van der Waals surface area contributed by atoms with E-state index in [0.717, 1.165) is 25.1 Å². The van der Waals surface area contributed by atoms with Crippen LogP contribution in [-0.2, 0) is 11.2 Å². The van der Waals surface area contributed by atoms with E-state index < -0.39 is 6.09 Å². The fourth-order valence-corrected chi connectivity index (χ4v) is 4.11. The summed E-state index contributed by atoms with van der Waals surface area (Å²) >= 11 is 0. The van der Waals surface area contributed by atoms with Crippen LogP contribution in [0.2, 0.25) is 0 Å². The summed E-state index contributed by atoms with van der Waals surface area (Å²) in [5, 5.41) is 0. The number of imide groups is 1. The van der Waals surface area contributed by atoms with E-state index in [-0.39, 0.29) is 12.1 Å². The van der Waals surface area contributed by atoms with Crippen LogP contribution in [-0.4, -0.2) is 47.7 Å². The van der Waals surface area contributed by atoms with E-state index in [1.807, 2.05) is 36.4 Å². The molecule has 1 unspecified atom stereocenters. The molecule has 2 aromatic rings. The number of piperidine rings is 3. The lowest BCUT2D eigenvalue weighted by Crippen LogP contribution is -2.52. The number of hydrogen-bond acceptors (Lipinski definition) is 4. The minimum atomic E-state index is -0.540. The lowest BCUT2D eigenvalue weighted by Gasteiger charge is -2.44. The molecule has 3 aliphatic rings. The maximum Gasteiger partial charge on any atom is 0.418 e. The van der Waals surface area contributed by atoms with Crippen LogP contribution in [0.1, 0.15) is 35.2 Å². The molecular weight excluding hydrogens is 352 g/mol. The Bertz CT molecular complexity index is 801. The molecule has 2 amide bonds. The standard InChI is InChI=1S/C23H26N2O3/c26-22(20-9-5-2-6-10-20)25(16-13-18-7-3-1-4-8-18)23(27)28-21-17-19-11-14-24(21)15-12-19/h1-10,19,21H,11-17H2. The molecule has 0 N–H and O–H groups in total. The van der Waals surface area contributed by atoms with Gasteiger partial charge in [-0.25, -0.2) is 9.69 Å². The van der Waals surface area contributed by atoms with Crippen molar-refractivity contribution in [3.8, 4) is 0 Å². The number of amides is 2. The lowest BCUT2D eigenvalue weighted by molar-refractivity contribution is -0.0890. The van der Waals surface area contributed by atoms with Crippen molar-refractivity contribution in [2.45, 2.75) is 31.9 Å². The Morgan fingerprint density at radius 3 is 2.21 bits per heavy atom. The Morgan fingerprint density at radius 2 is 1.61 bits per heavy atom. The molecule has 1 atom stereocenters. The van der Waals surface area contributed by atoms with E-state index in [4.69, 9.17) is 4.74 Å². The monoisotopic (exact) mass is 378 g/mol. The first-order chi connectivity index (χ1) is 13.7. The predicted molar refractivity (Wildman–Crippen MR) is 107 cm³/mol. The van der Waals surface area contributed by atoms with Gasteiger partial charge in [-0.05, 0) is 42.9 Å². The van der Waals surface area contributed by atoms with Crippen molar-refractivity contribution < 1.29 is 14.3 Å². The van der Waals surface area contributed by atoms with Crippen LogP contribution in [0.4, 0.5) is 4.79 Å². The number of ether oxygens (including phenoxy) is 1. The second-order valence-corrected chi connectivity index (χ2v) is 7.61. The molecule has 146 valence electrons. The van der Waals surface area contributed by atoms with Gasteiger partial charge in [0, 0.05) is 31.6 Å². The van der Waals surface area contributed by atoms with Crippen molar-refractivity contribution >= 4 is 12.0 Å². The molecule has 5 heteroatoms. The highest BCUT2D eigenvalue weighted by Crippen LogP contribution is 2.32. The molecule has 3 aliphatic heterocycles. The van der Waals surface area contributed by atoms with Crippen LogP contribution in [0.25, 0.3) is 0 Å². The van der Waals surface area contributed by atoms with Gasteiger partial charge in [0.1, 0.15) is 0 Å². The van der Waals surface area contributed by atoms with Gasteiger partial charge in [-0.3, -0.25) is 9.69 Å². The van der Waals surface area contributed by atoms with Crippen molar-refractivity contribution in [3.63, 3.8) is 0 Å². The highest BCUT2D eigenvalue weighted by Gasteiger charge is 2.37. The van der Waals surface area contributed by atoms with Crippen molar-refractivity contribution in [1.82, 2.24) is 9.80 Å². The van der Waals surface area contributed by atoms with Crippen LogP contribution in [0, 0.1) is 5.92 Å². The van der Waals surface area contributed by atoms with E-state index in [0.29, 0.717) is 24.4 Å². The molecule has 2 aromatic carbocycles. The largest absolute Gasteiger partial charge is 0.430 e. The second kappa shape index (κ2) is 8.57. The number of hydrogen-bond donors (Lipinski definition) is 0. The number of carbonyl (C=O) groups is 2. The number of carbonyl (C=O) groups excluding carboxylic acids is 2. The van der Waals surface area contributed by atoms with E-state index >= 15 is 0 Å². The van der Waals surface area contributed by atoms with Crippen LogP contribution in [0.15, 0.2) is 60.7 Å². The average molecular weight is 378 g/mol. The molecule has 0 saturated carbocycles. The first kappa shape index (κ1) is 18.7. The Labute approximate surface area is 165 Å². The van der Waals surface area contributed by atoms with Crippen molar-refractivity contribution in [2.24, 2.45) is 5.92 Å². The highest BCUT2D eigenvalue weighted by molar-refractivity contribution is 6.02. The number of rotatable bonds is 5. The topological polar surface area (TPSA) is 49.9 Å². The van der Waals surface area contributed by atoms with Gasteiger partial charge in [0.2, 0.25) is 0 Å². The maximum atomic E-state index is 13.0. The number of fused-ring (bicyclic) bond motifs is 3. The van der Waals surface area contributed by atoms with Crippen LogP contribution < -0.4 is 0 Å². The molecule has 3 saturated heterocycles. The molecule has 3 fully saturated rings. The smallest absolute Gasteiger partial charge is 0.418 e.